The van der Waals surface area contributed by atoms with Gasteiger partial charge in [0.1, 0.15) is 0 Å². The Kier molecular flexibility index (Phi) is 3.31. The predicted octanol–water partition coefficient (Wildman–Crippen LogP) is 6.56. The van der Waals surface area contributed by atoms with Gasteiger partial charge in [0.05, 0.1) is 11.4 Å². The van der Waals surface area contributed by atoms with Crippen LogP contribution in [0.3, 0.4) is 0 Å². The number of para-hydroxylation sites is 2. The maximum Gasteiger partial charge on any atom is 0.0502 e. The highest BCUT2D eigenvalue weighted by atomic mass is 79.9. The summed E-state index contributed by atoms with van der Waals surface area (Å²) in [6, 6.07) is 25.9. The van der Waals surface area contributed by atoms with Gasteiger partial charge in [0, 0.05) is 15.6 Å². The molecule has 4 rings (SSSR count). The average molecular weight is 364 g/mol. The Morgan fingerprint density at radius 2 is 1.30 bits per heavy atom. The van der Waals surface area contributed by atoms with E-state index in [0.717, 1.165) is 4.47 Å². The van der Waals surface area contributed by atoms with Gasteiger partial charge in [-0.15, -0.1) is 0 Å². The Hall–Kier alpha value is -2.06. The van der Waals surface area contributed by atoms with Crippen LogP contribution in [-0.4, -0.2) is 0 Å². The first-order chi connectivity index (χ1) is 11.1. The average Bonchev–Trinajstić information content (AvgIpc) is 2.55. The van der Waals surface area contributed by atoms with Crippen LogP contribution in [0.5, 0.6) is 0 Å². The molecule has 23 heavy (non-hydrogen) atoms. The van der Waals surface area contributed by atoms with E-state index < -0.39 is 0 Å². The van der Waals surface area contributed by atoms with E-state index in [2.05, 4.69) is 107 Å². The van der Waals surface area contributed by atoms with Gasteiger partial charge < -0.3 is 4.90 Å². The van der Waals surface area contributed by atoms with Crippen molar-refractivity contribution in [2.24, 2.45) is 0 Å². The van der Waals surface area contributed by atoms with Crippen molar-refractivity contribution in [3.8, 4) is 0 Å². The molecule has 0 saturated heterocycles. The summed E-state index contributed by atoms with van der Waals surface area (Å²) >= 11 is 3.60. The molecule has 0 fully saturated rings. The van der Waals surface area contributed by atoms with Gasteiger partial charge in [0.15, 0.2) is 0 Å². The molecule has 0 saturated carbocycles. The fraction of sp³-hybridized carbons (Fsp3) is 0.143. The second kappa shape index (κ2) is 5.24. The first kappa shape index (κ1) is 14.5. The topological polar surface area (TPSA) is 3.24 Å². The van der Waals surface area contributed by atoms with Crippen molar-refractivity contribution >= 4 is 33.0 Å². The zero-order valence-corrected chi connectivity index (χ0v) is 14.8. The van der Waals surface area contributed by atoms with E-state index in [1.807, 2.05) is 0 Å². The normalized spacial score (nSPS) is 15.0. The maximum absolute atomic E-state index is 3.60. The highest BCUT2D eigenvalue weighted by Gasteiger charge is 2.36. The monoisotopic (exact) mass is 363 g/mol. The molecule has 3 aromatic rings. The Morgan fingerprint density at radius 1 is 0.739 bits per heavy atom. The van der Waals surface area contributed by atoms with Crippen LogP contribution in [0.25, 0.3) is 0 Å². The molecule has 0 N–H and O–H groups in total. The Balaban J connectivity index is 2.04. The molecule has 0 aliphatic carbocycles. The van der Waals surface area contributed by atoms with Crippen molar-refractivity contribution in [1.29, 1.82) is 0 Å². The van der Waals surface area contributed by atoms with Crippen LogP contribution in [0.4, 0.5) is 17.1 Å². The van der Waals surface area contributed by atoms with Gasteiger partial charge in [0.2, 0.25) is 0 Å². The first-order valence-electron chi connectivity index (χ1n) is 7.84. The maximum atomic E-state index is 3.60. The number of benzene rings is 3. The van der Waals surface area contributed by atoms with Crippen LogP contribution >= 0.6 is 15.9 Å². The van der Waals surface area contributed by atoms with E-state index in [-0.39, 0.29) is 5.41 Å². The molecule has 0 amide bonds. The van der Waals surface area contributed by atoms with Crippen molar-refractivity contribution in [3.63, 3.8) is 0 Å². The summed E-state index contributed by atoms with van der Waals surface area (Å²) in [6.07, 6.45) is 0. The molecule has 0 unspecified atom stereocenters. The van der Waals surface area contributed by atoms with E-state index in [1.54, 1.807) is 0 Å². The third kappa shape index (κ3) is 2.21. The van der Waals surface area contributed by atoms with Crippen LogP contribution in [0, 0.1) is 0 Å². The van der Waals surface area contributed by atoms with Crippen LogP contribution in [0.1, 0.15) is 25.0 Å². The van der Waals surface area contributed by atoms with Crippen molar-refractivity contribution in [2.45, 2.75) is 19.3 Å². The fourth-order valence-electron chi connectivity index (χ4n) is 3.56. The molecular formula is C21H18BrN. The molecule has 1 aliphatic rings. The van der Waals surface area contributed by atoms with E-state index in [9.17, 15) is 0 Å². The van der Waals surface area contributed by atoms with Crippen molar-refractivity contribution in [1.82, 2.24) is 0 Å². The molecule has 0 aromatic heterocycles. The van der Waals surface area contributed by atoms with Gasteiger partial charge in [0.25, 0.3) is 0 Å². The third-order valence-corrected chi connectivity index (χ3v) is 5.20. The van der Waals surface area contributed by atoms with Gasteiger partial charge in [-0.2, -0.15) is 0 Å². The lowest BCUT2D eigenvalue weighted by Gasteiger charge is -2.42. The quantitative estimate of drug-likeness (QED) is 0.473. The second-order valence-electron chi connectivity index (χ2n) is 6.47. The van der Waals surface area contributed by atoms with Gasteiger partial charge in [-0.05, 0) is 41.5 Å². The molecule has 0 radical (unpaired) electrons. The fourth-order valence-corrected chi connectivity index (χ4v) is 3.95. The van der Waals surface area contributed by atoms with Crippen molar-refractivity contribution in [2.75, 3.05) is 4.90 Å². The summed E-state index contributed by atoms with van der Waals surface area (Å²) in [5, 5.41) is 0. The van der Waals surface area contributed by atoms with Crippen LogP contribution in [0.2, 0.25) is 0 Å². The number of halogens is 1. The summed E-state index contributed by atoms with van der Waals surface area (Å²) in [6.45, 7) is 4.62. The number of anilines is 3. The van der Waals surface area contributed by atoms with Gasteiger partial charge >= 0.3 is 0 Å². The molecule has 1 aliphatic heterocycles. The Morgan fingerprint density at radius 3 is 1.87 bits per heavy atom. The minimum Gasteiger partial charge on any atom is -0.310 e. The van der Waals surface area contributed by atoms with E-state index in [1.165, 1.54) is 28.2 Å². The lowest BCUT2D eigenvalue weighted by atomic mass is 9.73. The highest BCUT2D eigenvalue weighted by molar-refractivity contribution is 9.10. The molecule has 0 spiro atoms. The minimum atomic E-state index is -0.00427. The lowest BCUT2D eigenvalue weighted by molar-refractivity contribution is 0.632. The third-order valence-electron chi connectivity index (χ3n) is 4.70. The summed E-state index contributed by atoms with van der Waals surface area (Å²) in [4.78, 5) is 2.36. The minimum absolute atomic E-state index is 0.00427. The molecular weight excluding hydrogens is 346 g/mol. The largest absolute Gasteiger partial charge is 0.310 e. The van der Waals surface area contributed by atoms with Crippen LogP contribution < -0.4 is 4.90 Å². The highest BCUT2D eigenvalue weighted by Crippen LogP contribution is 2.51. The number of hydrogen-bond donors (Lipinski definition) is 0. The molecule has 1 nitrogen and oxygen atoms in total. The molecule has 0 atom stereocenters. The summed E-state index contributed by atoms with van der Waals surface area (Å²) < 4.78 is 1.09. The summed E-state index contributed by atoms with van der Waals surface area (Å²) in [7, 11) is 0. The molecule has 1 heterocycles. The van der Waals surface area contributed by atoms with E-state index >= 15 is 0 Å². The number of nitrogens with zero attached hydrogens (tertiary/aromatic N) is 1. The number of fused-ring (bicyclic) bond motifs is 2. The Bertz CT molecular complexity index is 833. The smallest absolute Gasteiger partial charge is 0.0502 e. The molecule has 0 bridgehead atoms. The molecule has 114 valence electrons. The predicted molar refractivity (Wildman–Crippen MR) is 101 cm³/mol. The van der Waals surface area contributed by atoms with Crippen LogP contribution in [-0.2, 0) is 5.41 Å². The zero-order valence-electron chi connectivity index (χ0n) is 13.3. The van der Waals surface area contributed by atoms with Gasteiger partial charge in [-0.1, -0.05) is 72.2 Å². The van der Waals surface area contributed by atoms with Gasteiger partial charge in [-0.25, -0.2) is 0 Å². The second-order valence-corrected chi connectivity index (χ2v) is 7.39. The van der Waals surface area contributed by atoms with E-state index in [4.69, 9.17) is 0 Å². The van der Waals surface area contributed by atoms with Crippen molar-refractivity contribution < 1.29 is 0 Å². The summed E-state index contributed by atoms with van der Waals surface area (Å²) in [5.41, 5.74) is 6.41. The molecule has 2 heteroatoms. The zero-order chi connectivity index (χ0) is 16.0. The van der Waals surface area contributed by atoms with Crippen molar-refractivity contribution in [3.05, 3.63) is 88.4 Å². The molecule has 3 aromatic carbocycles. The lowest BCUT2D eigenvalue weighted by Crippen LogP contribution is -2.30. The van der Waals surface area contributed by atoms with Gasteiger partial charge in [-0.3, -0.25) is 0 Å². The number of rotatable bonds is 1. The first-order valence-corrected chi connectivity index (χ1v) is 8.63. The summed E-state index contributed by atoms with van der Waals surface area (Å²) in [5.74, 6) is 0. The van der Waals surface area contributed by atoms with E-state index in [0.29, 0.717) is 0 Å². The Labute approximate surface area is 145 Å². The van der Waals surface area contributed by atoms with Crippen LogP contribution in [0.15, 0.2) is 77.3 Å². The number of hydrogen-bond acceptors (Lipinski definition) is 1. The standard InChI is InChI=1S/C21H18BrN/c1-21(2)17-10-3-5-12-19(17)23(16-9-7-8-15(22)14-16)20-13-6-4-11-18(20)21/h3-14H,1-2H3. The SMILES string of the molecule is CC1(C)c2ccccc2N(c2cccc(Br)c2)c2ccccc21.